The Bertz CT molecular complexity index is 176. The first-order valence-electron chi connectivity index (χ1n) is 7.64. The quantitative estimate of drug-likeness (QED) is 0.606. The van der Waals surface area contributed by atoms with Crippen LogP contribution < -0.4 is 5.32 Å². The van der Waals surface area contributed by atoms with E-state index >= 15 is 0 Å². The van der Waals surface area contributed by atoms with Gasteiger partial charge in [0.2, 0.25) is 0 Å². The van der Waals surface area contributed by atoms with E-state index in [0.29, 0.717) is 6.61 Å². The van der Waals surface area contributed by atoms with Gasteiger partial charge in [0.15, 0.2) is 0 Å². The molecule has 0 aromatic carbocycles. The highest BCUT2D eigenvalue weighted by Gasteiger charge is 2.30. The topological polar surface area (TPSA) is 32.3 Å². The second-order valence-corrected chi connectivity index (χ2v) is 5.81. The molecular weight excluding hydrogens is 210 g/mol. The van der Waals surface area contributed by atoms with Crippen molar-refractivity contribution in [1.82, 2.24) is 5.32 Å². The molecular formula is C15H31NO. The van der Waals surface area contributed by atoms with Gasteiger partial charge in [-0.1, -0.05) is 51.9 Å². The van der Waals surface area contributed by atoms with E-state index in [1.165, 1.54) is 64.2 Å². The summed E-state index contributed by atoms with van der Waals surface area (Å²) in [5, 5.41) is 13.0. The van der Waals surface area contributed by atoms with Crippen molar-refractivity contribution in [2.24, 2.45) is 5.41 Å². The molecule has 1 heterocycles. The smallest absolute Gasteiger partial charge is 0.0499 e. The highest BCUT2D eigenvalue weighted by Crippen LogP contribution is 2.31. The van der Waals surface area contributed by atoms with Crippen molar-refractivity contribution in [2.75, 3.05) is 19.7 Å². The van der Waals surface area contributed by atoms with Gasteiger partial charge in [-0.3, -0.25) is 0 Å². The van der Waals surface area contributed by atoms with E-state index in [1.54, 1.807) is 0 Å². The number of aliphatic hydroxyl groups excluding tert-OH is 1. The number of hydrogen-bond donors (Lipinski definition) is 2. The molecule has 102 valence electrons. The van der Waals surface area contributed by atoms with Crippen molar-refractivity contribution in [3.05, 3.63) is 0 Å². The van der Waals surface area contributed by atoms with Crippen LogP contribution in [0.15, 0.2) is 0 Å². The van der Waals surface area contributed by atoms with E-state index in [-0.39, 0.29) is 5.41 Å². The molecule has 1 atom stereocenters. The Labute approximate surface area is 107 Å². The summed E-state index contributed by atoms with van der Waals surface area (Å²) >= 11 is 0. The van der Waals surface area contributed by atoms with E-state index < -0.39 is 0 Å². The Morgan fingerprint density at radius 1 is 1.06 bits per heavy atom. The van der Waals surface area contributed by atoms with Gasteiger partial charge in [-0.15, -0.1) is 0 Å². The van der Waals surface area contributed by atoms with Gasteiger partial charge in [0.1, 0.15) is 0 Å². The van der Waals surface area contributed by atoms with Crippen molar-refractivity contribution in [3.63, 3.8) is 0 Å². The monoisotopic (exact) mass is 241 g/mol. The second kappa shape index (κ2) is 8.93. The predicted molar refractivity (Wildman–Crippen MR) is 74.2 cm³/mol. The molecule has 0 bridgehead atoms. The lowest BCUT2D eigenvalue weighted by molar-refractivity contribution is 0.0830. The summed E-state index contributed by atoms with van der Waals surface area (Å²) in [7, 11) is 0. The van der Waals surface area contributed by atoms with Crippen LogP contribution in [-0.2, 0) is 0 Å². The van der Waals surface area contributed by atoms with Crippen LogP contribution in [-0.4, -0.2) is 24.8 Å². The van der Waals surface area contributed by atoms with E-state index in [9.17, 15) is 5.11 Å². The maximum absolute atomic E-state index is 9.57. The molecule has 1 saturated heterocycles. The van der Waals surface area contributed by atoms with Crippen molar-refractivity contribution in [3.8, 4) is 0 Å². The molecule has 0 spiro atoms. The molecule has 2 N–H and O–H groups in total. The van der Waals surface area contributed by atoms with Crippen LogP contribution in [0.4, 0.5) is 0 Å². The van der Waals surface area contributed by atoms with E-state index in [4.69, 9.17) is 0 Å². The van der Waals surface area contributed by atoms with Crippen molar-refractivity contribution >= 4 is 0 Å². The fourth-order valence-corrected chi connectivity index (χ4v) is 2.91. The molecule has 17 heavy (non-hydrogen) atoms. The third-order valence-corrected chi connectivity index (χ3v) is 4.21. The highest BCUT2D eigenvalue weighted by molar-refractivity contribution is 4.84. The number of aliphatic hydroxyl groups is 1. The maximum atomic E-state index is 9.57. The summed E-state index contributed by atoms with van der Waals surface area (Å²) in [5.74, 6) is 0. The van der Waals surface area contributed by atoms with Crippen LogP contribution in [0, 0.1) is 5.41 Å². The Hall–Kier alpha value is -0.0800. The molecule has 1 fully saturated rings. The lowest BCUT2D eigenvalue weighted by Crippen LogP contribution is -2.42. The molecule has 2 heteroatoms. The van der Waals surface area contributed by atoms with E-state index in [2.05, 4.69) is 12.2 Å². The van der Waals surface area contributed by atoms with Gasteiger partial charge < -0.3 is 10.4 Å². The fraction of sp³-hybridized carbons (Fsp3) is 1.00. The van der Waals surface area contributed by atoms with Crippen LogP contribution >= 0.6 is 0 Å². The Morgan fingerprint density at radius 2 is 1.76 bits per heavy atom. The summed E-state index contributed by atoms with van der Waals surface area (Å²) in [6.07, 6.45) is 13.2. The second-order valence-electron chi connectivity index (χ2n) is 5.81. The van der Waals surface area contributed by atoms with Gasteiger partial charge in [-0.05, 0) is 25.8 Å². The molecule has 0 amide bonds. The number of piperidine rings is 1. The van der Waals surface area contributed by atoms with Gasteiger partial charge >= 0.3 is 0 Å². The third kappa shape index (κ3) is 5.87. The highest BCUT2D eigenvalue weighted by atomic mass is 16.3. The first-order valence-corrected chi connectivity index (χ1v) is 7.64. The normalized spacial score (nSPS) is 25.1. The molecule has 0 aromatic rings. The summed E-state index contributed by atoms with van der Waals surface area (Å²) in [6, 6.07) is 0. The van der Waals surface area contributed by atoms with Crippen molar-refractivity contribution < 1.29 is 5.11 Å². The summed E-state index contributed by atoms with van der Waals surface area (Å²) in [5.41, 5.74) is 0.210. The standard InChI is InChI=1S/C15H31NO/c1-2-3-4-5-6-7-8-10-15(14-17)11-9-12-16-13-15/h16-17H,2-14H2,1H3. The Kier molecular flexibility index (Phi) is 7.87. The van der Waals surface area contributed by atoms with Gasteiger partial charge in [0.25, 0.3) is 0 Å². The Morgan fingerprint density at radius 3 is 2.35 bits per heavy atom. The average molecular weight is 241 g/mol. The van der Waals surface area contributed by atoms with Crippen LogP contribution in [0.1, 0.15) is 71.1 Å². The summed E-state index contributed by atoms with van der Waals surface area (Å²) in [4.78, 5) is 0. The van der Waals surface area contributed by atoms with Crippen LogP contribution in [0.25, 0.3) is 0 Å². The zero-order valence-corrected chi connectivity index (χ0v) is 11.6. The van der Waals surface area contributed by atoms with Gasteiger partial charge in [0.05, 0.1) is 0 Å². The lowest BCUT2D eigenvalue weighted by Gasteiger charge is -2.36. The van der Waals surface area contributed by atoms with E-state index in [0.717, 1.165) is 13.1 Å². The SMILES string of the molecule is CCCCCCCCCC1(CO)CCCNC1. The maximum Gasteiger partial charge on any atom is 0.0499 e. The van der Waals surface area contributed by atoms with Crippen molar-refractivity contribution in [2.45, 2.75) is 71.1 Å². The first-order chi connectivity index (χ1) is 8.33. The molecule has 0 saturated carbocycles. The Balaban J connectivity index is 2.03. The fourth-order valence-electron chi connectivity index (χ4n) is 2.91. The van der Waals surface area contributed by atoms with E-state index in [1.807, 2.05) is 0 Å². The minimum absolute atomic E-state index is 0.210. The molecule has 1 unspecified atom stereocenters. The van der Waals surface area contributed by atoms with Crippen LogP contribution in [0.2, 0.25) is 0 Å². The van der Waals surface area contributed by atoms with Crippen LogP contribution in [0.5, 0.6) is 0 Å². The zero-order valence-electron chi connectivity index (χ0n) is 11.6. The molecule has 2 nitrogen and oxygen atoms in total. The largest absolute Gasteiger partial charge is 0.396 e. The molecule has 0 radical (unpaired) electrons. The molecule has 0 aromatic heterocycles. The summed E-state index contributed by atoms with van der Waals surface area (Å²) in [6.45, 7) is 4.80. The lowest BCUT2D eigenvalue weighted by atomic mass is 9.77. The first kappa shape index (κ1) is 15.0. The molecule has 1 aliphatic rings. The molecule has 0 aliphatic carbocycles. The predicted octanol–water partition coefficient (Wildman–Crippen LogP) is 3.49. The minimum Gasteiger partial charge on any atom is -0.396 e. The third-order valence-electron chi connectivity index (χ3n) is 4.21. The summed E-state index contributed by atoms with van der Waals surface area (Å²) < 4.78 is 0. The molecule has 1 aliphatic heterocycles. The average Bonchev–Trinajstić information content (AvgIpc) is 2.39. The van der Waals surface area contributed by atoms with Gasteiger partial charge in [-0.25, -0.2) is 0 Å². The van der Waals surface area contributed by atoms with Crippen molar-refractivity contribution in [1.29, 1.82) is 0 Å². The zero-order chi connectivity index (χ0) is 12.4. The van der Waals surface area contributed by atoms with Gasteiger partial charge in [0, 0.05) is 18.6 Å². The molecule has 1 rings (SSSR count). The number of rotatable bonds is 9. The number of unbranched alkanes of at least 4 members (excludes halogenated alkanes) is 6. The minimum atomic E-state index is 0.210. The van der Waals surface area contributed by atoms with Gasteiger partial charge in [-0.2, -0.15) is 0 Å². The van der Waals surface area contributed by atoms with Crippen LogP contribution in [0.3, 0.4) is 0 Å². The number of nitrogens with one attached hydrogen (secondary N) is 1. The number of hydrogen-bond acceptors (Lipinski definition) is 2.